The molecule has 0 N–H and O–H groups in total. The van der Waals surface area contributed by atoms with E-state index in [1.54, 1.807) is 0 Å². The first-order chi connectivity index (χ1) is 21.0. The van der Waals surface area contributed by atoms with Crippen molar-refractivity contribution in [2.75, 3.05) is 0 Å². The van der Waals surface area contributed by atoms with E-state index < -0.39 is 0 Å². The quantitative estimate of drug-likeness (QED) is 0.183. The van der Waals surface area contributed by atoms with Crippen LogP contribution in [0.3, 0.4) is 0 Å². The lowest BCUT2D eigenvalue weighted by atomic mass is 9.84. The Kier molecular flexibility index (Phi) is 5.75. The molecule has 0 spiro atoms. The number of rotatable bonds is 2. The fourth-order valence-corrected chi connectivity index (χ4v) is 7.06. The van der Waals surface area contributed by atoms with Gasteiger partial charge in [0, 0.05) is 0 Å². The lowest BCUT2D eigenvalue weighted by molar-refractivity contribution is 0.591. The molecule has 0 amide bonds. The highest BCUT2D eigenvalue weighted by Gasteiger charge is 2.18. The molecule has 0 nitrogen and oxygen atoms in total. The maximum Gasteiger partial charge on any atom is -0.00203 e. The number of benzene rings is 8. The average molecular weight is 567 g/mol. The minimum Gasteiger partial charge on any atom is -0.0579 e. The van der Waals surface area contributed by atoms with E-state index in [-0.39, 0.29) is 10.8 Å². The van der Waals surface area contributed by atoms with Gasteiger partial charge in [0.25, 0.3) is 0 Å². The molecule has 0 aliphatic heterocycles. The average Bonchev–Trinajstić information content (AvgIpc) is 3.01. The third-order valence-corrected chi connectivity index (χ3v) is 9.70. The lowest BCUT2D eigenvalue weighted by Crippen LogP contribution is -2.10. The third kappa shape index (κ3) is 4.27. The van der Waals surface area contributed by atoms with E-state index in [0.717, 1.165) is 0 Å². The van der Waals surface area contributed by atoms with Crippen molar-refractivity contribution in [3.63, 3.8) is 0 Å². The van der Waals surface area contributed by atoms with Crippen LogP contribution < -0.4 is 0 Å². The van der Waals surface area contributed by atoms with Gasteiger partial charge in [-0.3, -0.25) is 0 Å². The Hall–Kier alpha value is -4.68. The fraction of sp³-hybridized carbons (Fsp3) is 0.182. The molecular weight excluding hydrogens is 528 g/mol. The molecule has 44 heavy (non-hydrogen) atoms. The van der Waals surface area contributed by atoms with Crippen LogP contribution in [0, 0.1) is 0 Å². The van der Waals surface area contributed by atoms with Gasteiger partial charge in [-0.25, -0.2) is 0 Å². The van der Waals surface area contributed by atoms with Gasteiger partial charge in [0.2, 0.25) is 0 Å². The SMILES string of the molecule is CC(C)(C)c1ccc2cc(-c3ccc4ccc5c(-c6ccc7cc(C(C)(C)C)ccc7c6)ccc6ccc3c4c65)ccc2c1. The summed E-state index contributed by atoms with van der Waals surface area (Å²) in [5.41, 5.74) is 8.14. The van der Waals surface area contributed by atoms with Crippen molar-refractivity contribution >= 4 is 53.9 Å². The van der Waals surface area contributed by atoms with Crippen LogP contribution in [-0.2, 0) is 10.8 Å². The van der Waals surface area contributed by atoms with E-state index in [1.807, 2.05) is 0 Å². The van der Waals surface area contributed by atoms with E-state index in [4.69, 9.17) is 0 Å². The molecule has 0 unspecified atom stereocenters. The van der Waals surface area contributed by atoms with E-state index in [9.17, 15) is 0 Å². The zero-order valence-electron chi connectivity index (χ0n) is 26.5. The minimum atomic E-state index is 0.139. The van der Waals surface area contributed by atoms with Crippen LogP contribution in [0.4, 0.5) is 0 Å². The molecule has 0 heteroatoms. The van der Waals surface area contributed by atoms with E-state index in [1.165, 1.54) is 87.2 Å². The van der Waals surface area contributed by atoms with Crippen LogP contribution in [-0.4, -0.2) is 0 Å². The molecule has 0 saturated carbocycles. The molecule has 8 aromatic carbocycles. The number of hydrogen-bond acceptors (Lipinski definition) is 0. The molecule has 0 heterocycles. The molecule has 8 rings (SSSR count). The summed E-state index contributed by atoms with van der Waals surface area (Å²) in [4.78, 5) is 0. The topological polar surface area (TPSA) is 0 Å². The highest BCUT2D eigenvalue weighted by Crippen LogP contribution is 2.43. The summed E-state index contributed by atoms with van der Waals surface area (Å²) in [5.74, 6) is 0. The predicted molar refractivity (Wildman–Crippen MR) is 193 cm³/mol. The highest BCUT2D eigenvalue weighted by molar-refractivity contribution is 6.27. The monoisotopic (exact) mass is 566 g/mol. The maximum absolute atomic E-state index is 2.36. The standard InChI is InChI=1S/C44H38/c1-43(2,3)35-17-11-29-23-33(9-7-31(29)25-35)37-19-13-27-16-22-40-38(20-14-28-15-21-39(37)41(27)42(28)40)34-10-8-32-26-36(44(4,5)6)18-12-30(32)24-34/h7-26H,1-6H3. The van der Waals surface area contributed by atoms with Gasteiger partial charge in [-0.1, -0.05) is 151 Å². The lowest BCUT2D eigenvalue weighted by Gasteiger charge is -2.20. The van der Waals surface area contributed by atoms with E-state index >= 15 is 0 Å². The normalized spacial score (nSPS) is 12.8. The first kappa shape index (κ1) is 26.9. The molecular formula is C44H38. The van der Waals surface area contributed by atoms with Gasteiger partial charge in [0.1, 0.15) is 0 Å². The Bertz CT molecular complexity index is 2220. The second kappa shape index (κ2) is 9.41. The molecule has 0 fully saturated rings. The van der Waals surface area contributed by atoms with Crippen molar-refractivity contribution in [3.8, 4) is 22.3 Å². The smallest absolute Gasteiger partial charge is 0.00203 e. The summed E-state index contributed by atoms with van der Waals surface area (Å²) >= 11 is 0. The summed E-state index contributed by atoms with van der Waals surface area (Å²) in [6, 6.07) is 46.2. The Labute approximate surface area is 260 Å². The summed E-state index contributed by atoms with van der Waals surface area (Å²) in [7, 11) is 0. The Balaban J connectivity index is 1.30. The summed E-state index contributed by atoms with van der Waals surface area (Å²) in [5, 5.41) is 13.1. The predicted octanol–water partition coefficient (Wildman–Crippen LogP) is 12.8. The van der Waals surface area contributed by atoms with Crippen LogP contribution in [0.5, 0.6) is 0 Å². The van der Waals surface area contributed by atoms with Crippen LogP contribution >= 0.6 is 0 Å². The van der Waals surface area contributed by atoms with Crippen molar-refractivity contribution in [3.05, 3.63) is 132 Å². The zero-order valence-corrected chi connectivity index (χ0v) is 26.5. The minimum absolute atomic E-state index is 0.139. The van der Waals surface area contributed by atoms with Crippen molar-refractivity contribution < 1.29 is 0 Å². The molecule has 0 radical (unpaired) electrons. The second-order valence-electron chi connectivity index (χ2n) is 14.7. The second-order valence-corrected chi connectivity index (χ2v) is 14.7. The number of hydrogen-bond donors (Lipinski definition) is 0. The largest absolute Gasteiger partial charge is 0.0579 e. The molecule has 0 aliphatic rings. The Morgan fingerprint density at radius 3 is 1.07 bits per heavy atom. The Morgan fingerprint density at radius 1 is 0.318 bits per heavy atom. The van der Waals surface area contributed by atoms with Gasteiger partial charge >= 0.3 is 0 Å². The van der Waals surface area contributed by atoms with Gasteiger partial charge in [-0.05, 0) is 110 Å². The molecule has 214 valence electrons. The molecule has 0 atom stereocenters. The molecule has 0 bridgehead atoms. The zero-order chi connectivity index (χ0) is 30.4. The highest BCUT2D eigenvalue weighted by atomic mass is 14.2. The molecule has 0 aliphatic carbocycles. The number of fused-ring (bicyclic) bond motifs is 2. The summed E-state index contributed by atoms with van der Waals surface area (Å²) in [6.45, 7) is 13.7. The Morgan fingerprint density at radius 2 is 0.659 bits per heavy atom. The van der Waals surface area contributed by atoms with Crippen molar-refractivity contribution in [1.82, 2.24) is 0 Å². The molecule has 8 aromatic rings. The van der Waals surface area contributed by atoms with Gasteiger partial charge in [0.05, 0.1) is 0 Å². The fourth-order valence-electron chi connectivity index (χ4n) is 7.06. The van der Waals surface area contributed by atoms with Gasteiger partial charge < -0.3 is 0 Å². The molecule has 0 aromatic heterocycles. The van der Waals surface area contributed by atoms with Crippen LogP contribution in [0.1, 0.15) is 52.7 Å². The summed E-state index contributed by atoms with van der Waals surface area (Å²) in [6.07, 6.45) is 0. The van der Waals surface area contributed by atoms with Gasteiger partial charge in [0.15, 0.2) is 0 Å². The van der Waals surface area contributed by atoms with Gasteiger partial charge in [-0.2, -0.15) is 0 Å². The van der Waals surface area contributed by atoms with Crippen LogP contribution in [0.15, 0.2) is 121 Å². The van der Waals surface area contributed by atoms with Crippen molar-refractivity contribution in [1.29, 1.82) is 0 Å². The maximum atomic E-state index is 2.36. The molecule has 0 saturated heterocycles. The first-order valence-corrected chi connectivity index (χ1v) is 15.8. The third-order valence-electron chi connectivity index (χ3n) is 9.70. The van der Waals surface area contributed by atoms with Crippen molar-refractivity contribution in [2.45, 2.75) is 52.4 Å². The van der Waals surface area contributed by atoms with Gasteiger partial charge in [-0.15, -0.1) is 0 Å². The van der Waals surface area contributed by atoms with Crippen molar-refractivity contribution in [2.24, 2.45) is 0 Å². The first-order valence-electron chi connectivity index (χ1n) is 15.8. The van der Waals surface area contributed by atoms with E-state index in [0.29, 0.717) is 0 Å². The van der Waals surface area contributed by atoms with Crippen LogP contribution in [0.2, 0.25) is 0 Å². The summed E-state index contributed by atoms with van der Waals surface area (Å²) < 4.78 is 0. The van der Waals surface area contributed by atoms with Crippen LogP contribution in [0.25, 0.3) is 76.1 Å². The van der Waals surface area contributed by atoms with E-state index in [2.05, 4.69) is 163 Å².